The zero-order valence-electron chi connectivity index (χ0n) is 16.6. The van der Waals surface area contributed by atoms with E-state index in [4.69, 9.17) is 0 Å². The second-order valence-electron chi connectivity index (χ2n) is 7.29. The Morgan fingerprint density at radius 1 is 1.12 bits per heavy atom. The highest BCUT2D eigenvalue weighted by atomic mass is 32.2. The molecule has 3 unspecified atom stereocenters. The van der Waals surface area contributed by atoms with Crippen LogP contribution in [0.2, 0.25) is 0 Å². The Bertz CT molecular complexity index is 404. The van der Waals surface area contributed by atoms with E-state index in [2.05, 4.69) is 55.8 Å². The van der Waals surface area contributed by atoms with Crippen LogP contribution in [-0.4, -0.2) is 11.8 Å². The molecule has 1 saturated carbocycles. The summed E-state index contributed by atoms with van der Waals surface area (Å²) in [6, 6.07) is 11.6. The second kappa shape index (κ2) is 12.8. The number of nitrogens with one attached hydrogen (secondary N) is 1. The summed E-state index contributed by atoms with van der Waals surface area (Å²) >= 11 is 1.94. The first-order chi connectivity index (χ1) is 11.7. The molecule has 0 aromatic heterocycles. The van der Waals surface area contributed by atoms with Crippen molar-refractivity contribution in [2.75, 3.05) is 5.75 Å². The summed E-state index contributed by atoms with van der Waals surface area (Å²) in [6.45, 7) is 11.1. The largest absolute Gasteiger partial charge is 0.261 e. The Morgan fingerprint density at radius 2 is 1.83 bits per heavy atom. The fraction of sp³-hybridized carbons (Fsp3) is 0.727. The van der Waals surface area contributed by atoms with E-state index in [0.29, 0.717) is 0 Å². The van der Waals surface area contributed by atoms with Crippen molar-refractivity contribution in [3.63, 3.8) is 0 Å². The van der Waals surface area contributed by atoms with E-state index in [9.17, 15) is 0 Å². The third-order valence-electron chi connectivity index (χ3n) is 5.01. The third-order valence-corrected chi connectivity index (χ3v) is 5.89. The monoisotopic (exact) mass is 349 g/mol. The molecular weight excluding hydrogens is 310 g/mol. The van der Waals surface area contributed by atoms with E-state index in [0.717, 1.165) is 30.2 Å². The van der Waals surface area contributed by atoms with Gasteiger partial charge in [-0.05, 0) is 55.4 Å². The summed E-state index contributed by atoms with van der Waals surface area (Å²) in [4.78, 5) is 0. The summed E-state index contributed by atoms with van der Waals surface area (Å²) in [5.74, 6) is 3.84. The normalized spacial score (nSPS) is 23.7. The number of benzene rings is 1. The highest BCUT2D eigenvalue weighted by Gasteiger charge is 2.29. The van der Waals surface area contributed by atoms with Gasteiger partial charge in [-0.25, -0.2) is 0 Å². The lowest BCUT2D eigenvalue weighted by molar-refractivity contribution is 0.193. The van der Waals surface area contributed by atoms with Crippen LogP contribution in [0.25, 0.3) is 0 Å². The van der Waals surface area contributed by atoms with E-state index in [-0.39, 0.29) is 0 Å². The minimum Gasteiger partial charge on any atom is -0.261 e. The molecule has 1 aromatic rings. The number of hydrogen-bond donors (Lipinski definition) is 1. The zero-order valence-corrected chi connectivity index (χ0v) is 17.4. The fourth-order valence-electron chi connectivity index (χ4n) is 3.73. The SMILES string of the molecule is CC.CCC1CCC(NSCCc2ccccc2)C(CC(C)C)C1. The molecular formula is C22H39NS. The predicted octanol–water partition coefficient (Wildman–Crippen LogP) is 6.73. The summed E-state index contributed by atoms with van der Waals surface area (Å²) < 4.78 is 3.81. The van der Waals surface area contributed by atoms with Gasteiger partial charge in [-0.1, -0.05) is 83.3 Å². The molecule has 0 spiro atoms. The van der Waals surface area contributed by atoms with Crippen molar-refractivity contribution in [3.8, 4) is 0 Å². The van der Waals surface area contributed by atoms with Crippen molar-refractivity contribution >= 4 is 11.9 Å². The van der Waals surface area contributed by atoms with Crippen LogP contribution in [0.15, 0.2) is 30.3 Å². The summed E-state index contributed by atoms with van der Waals surface area (Å²) in [7, 11) is 0. The molecule has 138 valence electrons. The van der Waals surface area contributed by atoms with E-state index in [1.807, 2.05) is 25.8 Å². The van der Waals surface area contributed by atoms with Crippen LogP contribution in [0, 0.1) is 17.8 Å². The average molecular weight is 350 g/mol. The highest BCUT2D eigenvalue weighted by Crippen LogP contribution is 2.35. The van der Waals surface area contributed by atoms with E-state index in [1.54, 1.807) is 0 Å². The van der Waals surface area contributed by atoms with Crippen LogP contribution in [0.3, 0.4) is 0 Å². The van der Waals surface area contributed by atoms with Crippen molar-refractivity contribution < 1.29 is 0 Å². The summed E-state index contributed by atoms with van der Waals surface area (Å²) in [5, 5.41) is 0. The van der Waals surface area contributed by atoms with Gasteiger partial charge in [0.15, 0.2) is 0 Å². The minimum absolute atomic E-state index is 0.728. The van der Waals surface area contributed by atoms with Gasteiger partial charge < -0.3 is 0 Å². The molecule has 1 aliphatic carbocycles. The third kappa shape index (κ3) is 8.07. The van der Waals surface area contributed by atoms with Gasteiger partial charge in [0, 0.05) is 11.8 Å². The maximum Gasteiger partial charge on any atom is 0.0200 e. The molecule has 0 bridgehead atoms. The van der Waals surface area contributed by atoms with Crippen molar-refractivity contribution in [1.29, 1.82) is 0 Å². The lowest BCUT2D eigenvalue weighted by atomic mass is 9.74. The first-order valence-electron chi connectivity index (χ1n) is 10.1. The molecule has 0 amide bonds. The molecule has 0 aliphatic heterocycles. The fourth-order valence-corrected chi connectivity index (χ4v) is 4.71. The average Bonchev–Trinajstić information content (AvgIpc) is 2.62. The minimum atomic E-state index is 0.728. The van der Waals surface area contributed by atoms with E-state index < -0.39 is 0 Å². The maximum atomic E-state index is 3.81. The maximum absolute atomic E-state index is 3.81. The Hall–Kier alpha value is -0.470. The molecule has 0 saturated heterocycles. The van der Waals surface area contributed by atoms with Crippen molar-refractivity contribution in [1.82, 2.24) is 4.72 Å². The first-order valence-corrected chi connectivity index (χ1v) is 11.1. The van der Waals surface area contributed by atoms with Gasteiger partial charge >= 0.3 is 0 Å². The lowest BCUT2D eigenvalue weighted by Gasteiger charge is -2.37. The van der Waals surface area contributed by atoms with Crippen LogP contribution in [-0.2, 0) is 6.42 Å². The zero-order chi connectivity index (χ0) is 17.8. The predicted molar refractivity (Wildman–Crippen MR) is 111 cm³/mol. The molecule has 0 radical (unpaired) electrons. The van der Waals surface area contributed by atoms with Crippen LogP contribution < -0.4 is 4.72 Å². The lowest BCUT2D eigenvalue weighted by Crippen LogP contribution is -2.38. The van der Waals surface area contributed by atoms with E-state index in [1.165, 1.54) is 43.4 Å². The van der Waals surface area contributed by atoms with Crippen molar-refractivity contribution in [2.24, 2.45) is 17.8 Å². The highest BCUT2D eigenvalue weighted by molar-refractivity contribution is 7.97. The van der Waals surface area contributed by atoms with Gasteiger partial charge in [-0.3, -0.25) is 4.72 Å². The molecule has 1 fully saturated rings. The summed E-state index contributed by atoms with van der Waals surface area (Å²) in [5.41, 5.74) is 1.45. The molecule has 2 heteroatoms. The Labute approximate surface area is 155 Å². The Morgan fingerprint density at radius 3 is 2.46 bits per heavy atom. The van der Waals surface area contributed by atoms with Gasteiger partial charge in [0.1, 0.15) is 0 Å². The van der Waals surface area contributed by atoms with Gasteiger partial charge in [0.25, 0.3) is 0 Å². The number of aryl methyl sites for hydroxylation is 1. The van der Waals surface area contributed by atoms with Gasteiger partial charge in [0.2, 0.25) is 0 Å². The Balaban J connectivity index is 0.00000139. The molecule has 0 heterocycles. The van der Waals surface area contributed by atoms with Crippen LogP contribution >= 0.6 is 11.9 Å². The van der Waals surface area contributed by atoms with Gasteiger partial charge in [0.05, 0.1) is 0 Å². The van der Waals surface area contributed by atoms with Gasteiger partial charge in [-0.15, -0.1) is 0 Å². The number of hydrogen-bond acceptors (Lipinski definition) is 2. The van der Waals surface area contributed by atoms with E-state index >= 15 is 0 Å². The first kappa shape index (κ1) is 21.6. The molecule has 24 heavy (non-hydrogen) atoms. The second-order valence-corrected chi connectivity index (χ2v) is 8.22. The smallest absolute Gasteiger partial charge is 0.0200 e. The molecule has 3 atom stereocenters. The van der Waals surface area contributed by atoms with Gasteiger partial charge in [-0.2, -0.15) is 0 Å². The standard InChI is InChI=1S/C20H33NS.C2H6/c1-4-17-10-11-20(19(15-17)14-16(2)3)21-22-13-12-18-8-6-5-7-9-18;1-2/h5-9,16-17,19-21H,4,10-15H2,1-3H3;1-2H3. The molecule has 1 N–H and O–H groups in total. The van der Waals surface area contributed by atoms with Crippen molar-refractivity contribution in [2.45, 2.75) is 79.2 Å². The van der Waals surface area contributed by atoms with Crippen LogP contribution in [0.5, 0.6) is 0 Å². The topological polar surface area (TPSA) is 12.0 Å². The molecule has 1 aromatic carbocycles. The number of rotatable bonds is 8. The molecule has 1 nitrogen and oxygen atoms in total. The summed E-state index contributed by atoms with van der Waals surface area (Å²) in [6.07, 6.45) is 8.13. The van der Waals surface area contributed by atoms with Crippen LogP contribution in [0.1, 0.15) is 72.3 Å². The Kier molecular flexibility index (Phi) is 11.5. The quantitative estimate of drug-likeness (QED) is 0.412. The van der Waals surface area contributed by atoms with Crippen molar-refractivity contribution in [3.05, 3.63) is 35.9 Å². The van der Waals surface area contributed by atoms with Crippen LogP contribution in [0.4, 0.5) is 0 Å². The molecule has 2 rings (SSSR count). The molecule has 1 aliphatic rings.